The van der Waals surface area contributed by atoms with Gasteiger partial charge in [-0.25, -0.2) is 0 Å². The molecule has 4 nitrogen and oxygen atoms in total. The van der Waals surface area contributed by atoms with Crippen molar-refractivity contribution in [1.82, 2.24) is 0 Å². The molecule has 0 bridgehead atoms. The number of azo groups is 1. The third-order valence-electron chi connectivity index (χ3n) is 3.02. The predicted molar refractivity (Wildman–Crippen MR) is 83.9 cm³/mol. The van der Waals surface area contributed by atoms with Crippen LogP contribution in [0.3, 0.4) is 0 Å². The molecule has 0 aliphatic rings. The number of ether oxygens (including phenoxy) is 1. The largest absolute Gasteiger partial charge is 0.503 e. The smallest absolute Gasteiger partial charge is 0.185 e. The second-order valence-electron chi connectivity index (χ2n) is 4.69. The molecular formula is C17H18N2O2. The zero-order valence-corrected chi connectivity index (χ0v) is 12.2. The van der Waals surface area contributed by atoms with Crippen molar-refractivity contribution in [2.75, 3.05) is 7.11 Å². The standard InChI is InChI=1S/C17H18N2O2/c1-4-5-13-10-15(17(20)16(11-13)21-3)19-18-14-8-6-12(2)7-9-14/h4,6-11,20H,1,5H2,2-3H3/b19-18+. The monoisotopic (exact) mass is 282 g/mol. The lowest BCUT2D eigenvalue weighted by atomic mass is 10.1. The number of hydrogen-bond acceptors (Lipinski definition) is 4. The molecule has 0 spiro atoms. The molecule has 1 N–H and O–H groups in total. The normalized spacial score (nSPS) is 10.8. The Morgan fingerprint density at radius 3 is 2.52 bits per heavy atom. The summed E-state index contributed by atoms with van der Waals surface area (Å²) in [4.78, 5) is 0. The number of aromatic hydroxyl groups is 1. The number of benzene rings is 2. The molecule has 2 rings (SSSR count). The summed E-state index contributed by atoms with van der Waals surface area (Å²) < 4.78 is 5.15. The fourth-order valence-corrected chi connectivity index (χ4v) is 1.89. The lowest BCUT2D eigenvalue weighted by molar-refractivity contribution is 0.374. The van der Waals surface area contributed by atoms with E-state index in [9.17, 15) is 5.11 Å². The Morgan fingerprint density at radius 2 is 1.90 bits per heavy atom. The molecular weight excluding hydrogens is 264 g/mol. The zero-order valence-electron chi connectivity index (χ0n) is 12.2. The third-order valence-corrected chi connectivity index (χ3v) is 3.02. The number of phenols is 1. The van der Waals surface area contributed by atoms with Crippen molar-refractivity contribution in [3.05, 3.63) is 60.2 Å². The van der Waals surface area contributed by atoms with Crippen LogP contribution >= 0.6 is 0 Å². The number of nitrogens with zero attached hydrogens (tertiary/aromatic N) is 2. The van der Waals surface area contributed by atoms with E-state index in [-0.39, 0.29) is 5.75 Å². The summed E-state index contributed by atoms with van der Waals surface area (Å²) in [5.41, 5.74) is 3.23. The SMILES string of the molecule is C=CCc1cc(/N=N/c2ccc(C)cc2)c(O)c(OC)c1. The fourth-order valence-electron chi connectivity index (χ4n) is 1.89. The maximum absolute atomic E-state index is 10.1. The van der Waals surface area contributed by atoms with Gasteiger partial charge >= 0.3 is 0 Å². The molecule has 4 heteroatoms. The lowest BCUT2D eigenvalue weighted by Crippen LogP contribution is -1.88. The highest BCUT2D eigenvalue weighted by molar-refractivity contribution is 5.61. The van der Waals surface area contributed by atoms with E-state index in [1.54, 1.807) is 18.2 Å². The van der Waals surface area contributed by atoms with Crippen LogP contribution in [-0.4, -0.2) is 12.2 Å². The molecule has 108 valence electrons. The highest BCUT2D eigenvalue weighted by Crippen LogP contribution is 2.38. The molecule has 0 radical (unpaired) electrons. The van der Waals surface area contributed by atoms with E-state index in [2.05, 4.69) is 16.8 Å². The average molecular weight is 282 g/mol. The van der Waals surface area contributed by atoms with E-state index >= 15 is 0 Å². The van der Waals surface area contributed by atoms with E-state index < -0.39 is 0 Å². The molecule has 0 atom stereocenters. The maximum Gasteiger partial charge on any atom is 0.185 e. The molecule has 2 aromatic carbocycles. The van der Waals surface area contributed by atoms with Crippen molar-refractivity contribution in [2.24, 2.45) is 10.2 Å². The third kappa shape index (κ3) is 3.69. The molecule has 0 amide bonds. The van der Waals surface area contributed by atoms with Gasteiger partial charge in [-0.15, -0.1) is 11.7 Å². The van der Waals surface area contributed by atoms with Crippen LogP contribution in [0, 0.1) is 6.92 Å². The van der Waals surface area contributed by atoms with E-state index in [1.165, 1.54) is 7.11 Å². The van der Waals surface area contributed by atoms with E-state index in [0.717, 1.165) is 16.8 Å². The number of hydrogen-bond donors (Lipinski definition) is 1. The Hall–Kier alpha value is -2.62. The van der Waals surface area contributed by atoms with Crippen molar-refractivity contribution in [3.8, 4) is 11.5 Å². The van der Waals surface area contributed by atoms with E-state index in [4.69, 9.17) is 4.74 Å². The van der Waals surface area contributed by atoms with Crippen LogP contribution in [0.4, 0.5) is 11.4 Å². The van der Waals surface area contributed by atoms with Crippen LogP contribution in [0.1, 0.15) is 11.1 Å². The van der Waals surface area contributed by atoms with Crippen LogP contribution in [0.25, 0.3) is 0 Å². The maximum atomic E-state index is 10.1. The average Bonchev–Trinajstić information content (AvgIpc) is 2.49. The molecule has 21 heavy (non-hydrogen) atoms. The van der Waals surface area contributed by atoms with Crippen molar-refractivity contribution < 1.29 is 9.84 Å². The van der Waals surface area contributed by atoms with Crippen molar-refractivity contribution in [3.63, 3.8) is 0 Å². The summed E-state index contributed by atoms with van der Waals surface area (Å²) in [6, 6.07) is 11.2. The highest BCUT2D eigenvalue weighted by Gasteiger charge is 2.10. The van der Waals surface area contributed by atoms with Gasteiger partial charge in [0.25, 0.3) is 0 Å². The minimum absolute atomic E-state index is 0.0128. The van der Waals surface area contributed by atoms with Crippen LogP contribution < -0.4 is 4.74 Å². The quantitative estimate of drug-likeness (QED) is 0.629. The van der Waals surface area contributed by atoms with Gasteiger partial charge in [-0.2, -0.15) is 5.11 Å². The molecule has 0 heterocycles. The summed E-state index contributed by atoms with van der Waals surface area (Å²) in [7, 11) is 1.51. The summed E-state index contributed by atoms with van der Waals surface area (Å²) >= 11 is 0. The first-order valence-electron chi connectivity index (χ1n) is 6.63. The van der Waals surface area contributed by atoms with Crippen LogP contribution in [0.2, 0.25) is 0 Å². The Kier molecular flexibility index (Phi) is 4.72. The van der Waals surface area contributed by atoms with Gasteiger partial charge in [0.2, 0.25) is 0 Å². The molecule has 0 aromatic heterocycles. The van der Waals surface area contributed by atoms with Gasteiger partial charge in [0, 0.05) is 0 Å². The molecule has 0 aliphatic carbocycles. The Balaban J connectivity index is 2.35. The number of methoxy groups -OCH3 is 1. The Bertz CT molecular complexity index is 661. The molecule has 0 aliphatic heterocycles. The number of allylic oxidation sites excluding steroid dienone is 1. The first-order valence-corrected chi connectivity index (χ1v) is 6.63. The minimum atomic E-state index is -0.0128. The van der Waals surface area contributed by atoms with Gasteiger partial charge in [-0.05, 0) is 43.2 Å². The first kappa shape index (κ1) is 14.8. The minimum Gasteiger partial charge on any atom is -0.503 e. The van der Waals surface area contributed by atoms with E-state index in [1.807, 2.05) is 31.2 Å². The number of aryl methyl sites for hydroxylation is 1. The summed E-state index contributed by atoms with van der Waals surface area (Å²) in [5, 5.41) is 18.4. The molecule has 0 unspecified atom stereocenters. The van der Waals surface area contributed by atoms with Gasteiger partial charge in [0.1, 0.15) is 5.69 Å². The van der Waals surface area contributed by atoms with Crippen molar-refractivity contribution in [1.29, 1.82) is 0 Å². The Labute approximate surface area is 124 Å². The number of rotatable bonds is 5. The summed E-state index contributed by atoms with van der Waals surface area (Å²) in [6.07, 6.45) is 2.45. The van der Waals surface area contributed by atoms with Crippen molar-refractivity contribution >= 4 is 11.4 Å². The first-order chi connectivity index (χ1) is 10.1. The topological polar surface area (TPSA) is 54.2 Å². The molecule has 0 saturated carbocycles. The summed E-state index contributed by atoms with van der Waals surface area (Å²) in [6.45, 7) is 5.72. The predicted octanol–water partition coefficient (Wildman–Crippen LogP) is 4.85. The van der Waals surface area contributed by atoms with Gasteiger partial charge in [-0.1, -0.05) is 23.8 Å². The second kappa shape index (κ2) is 6.70. The lowest BCUT2D eigenvalue weighted by Gasteiger charge is -2.08. The van der Waals surface area contributed by atoms with Gasteiger partial charge in [-0.3, -0.25) is 0 Å². The summed E-state index contributed by atoms with van der Waals surface area (Å²) in [5.74, 6) is 0.369. The number of phenolic OH excluding ortho intramolecular Hbond substituents is 1. The van der Waals surface area contributed by atoms with Crippen molar-refractivity contribution in [2.45, 2.75) is 13.3 Å². The van der Waals surface area contributed by atoms with Crippen LogP contribution in [-0.2, 0) is 6.42 Å². The fraction of sp³-hybridized carbons (Fsp3) is 0.176. The van der Waals surface area contributed by atoms with E-state index in [0.29, 0.717) is 17.9 Å². The molecule has 2 aromatic rings. The van der Waals surface area contributed by atoms with Gasteiger partial charge < -0.3 is 9.84 Å². The van der Waals surface area contributed by atoms with Crippen LogP contribution in [0.5, 0.6) is 11.5 Å². The zero-order chi connectivity index (χ0) is 15.2. The second-order valence-corrected chi connectivity index (χ2v) is 4.69. The Morgan fingerprint density at radius 1 is 1.19 bits per heavy atom. The highest BCUT2D eigenvalue weighted by atomic mass is 16.5. The molecule has 0 fully saturated rings. The van der Waals surface area contributed by atoms with Gasteiger partial charge in [0.05, 0.1) is 12.8 Å². The van der Waals surface area contributed by atoms with Crippen LogP contribution in [0.15, 0.2) is 59.3 Å². The van der Waals surface area contributed by atoms with Gasteiger partial charge in [0.15, 0.2) is 11.5 Å². The molecule has 0 saturated heterocycles.